The molecule has 0 radical (unpaired) electrons. The lowest BCUT2D eigenvalue weighted by molar-refractivity contribution is 0.102. The minimum Gasteiger partial charge on any atom is -0.370 e. The molecule has 0 unspecified atom stereocenters. The summed E-state index contributed by atoms with van der Waals surface area (Å²) >= 11 is 0. The van der Waals surface area contributed by atoms with Gasteiger partial charge < -0.3 is 10.2 Å². The van der Waals surface area contributed by atoms with E-state index in [4.69, 9.17) is 0 Å². The van der Waals surface area contributed by atoms with Gasteiger partial charge in [0.1, 0.15) is 0 Å². The summed E-state index contributed by atoms with van der Waals surface area (Å²) in [5.41, 5.74) is 3.71. The van der Waals surface area contributed by atoms with Crippen LogP contribution in [0.2, 0.25) is 0 Å². The maximum atomic E-state index is 12.5. The van der Waals surface area contributed by atoms with Gasteiger partial charge in [-0.1, -0.05) is 26.0 Å². The summed E-state index contributed by atoms with van der Waals surface area (Å²) in [5, 5.41) is 2.95. The predicted octanol–water partition coefficient (Wildman–Crippen LogP) is 4.13. The molecule has 1 N–H and O–H groups in total. The molecule has 0 atom stereocenters. The number of pyridine rings is 1. The SMILES string of the molecule is CCc1ccc(NC(=O)c2cncc(N3CCC(C)CC3)c2)cc1. The van der Waals surface area contributed by atoms with Gasteiger partial charge in [0.2, 0.25) is 0 Å². The van der Waals surface area contributed by atoms with Crippen LogP contribution in [0, 0.1) is 5.92 Å². The minimum atomic E-state index is -0.112. The topological polar surface area (TPSA) is 45.2 Å². The van der Waals surface area contributed by atoms with Crippen molar-refractivity contribution in [3.63, 3.8) is 0 Å². The number of piperidine rings is 1. The van der Waals surface area contributed by atoms with Crippen LogP contribution in [0.5, 0.6) is 0 Å². The smallest absolute Gasteiger partial charge is 0.257 e. The maximum absolute atomic E-state index is 12.5. The van der Waals surface area contributed by atoms with E-state index in [0.29, 0.717) is 5.56 Å². The maximum Gasteiger partial charge on any atom is 0.257 e. The fourth-order valence-electron chi connectivity index (χ4n) is 3.02. The van der Waals surface area contributed by atoms with Gasteiger partial charge in [0.25, 0.3) is 5.91 Å². The second-order valence-electron chi connectivity index (χ2n) is 6.61. The van der Waals surface area contributed by atoms with Crippen molar-refractivity contribution in [2.75, 3.05) is 23.3 Å². The van der Waals surface area contributed by atoms with E-state index < -0.39 is 0 Å². The van der Waals surface area contributed by atoms with Gasteiger partial charge in [-0.3, -0.25) is 9.78 Å². The molecule has 24 heavy (non-hydrogen) atoms. The first-order chi connectivity index (χ1) is 11.7. The van der Waals surface area contributed by atoms with Crippen molar-refractivity contribution in [1.29, 1.82) is 0 Å². The molecule has 1 aromatic carbocycles. The average molecular weight is 323 g/mol. The van der Waals surface area contributed by atoms with Crippen LogP contribution in [-0.2, 0) is 6.42 Å². The van der Waals surface area contributed by atoms with Crippen molar-refractivity contribution < 1.29 is 4.79 Å². The van der Waals surface area contributed by atoms with Gasteiger partial charge in [-0.05, 0) is 48.9 Å². The Morgan fingerprint density at radius 2 is 1.92 bits per heavy atom. The third kappa shape index (κ3) is 3.94. The first kappa shape index (κ1) is 16.5. The average Bonchev–Trinajstić information content (AvgIpc) is 2.63. The highest BCUT2D eigenvalue weighted by Crippen LogP contribution is 2.23. The summed E-state index contributed by atoms with van der Waals surface area (Å²) in [4.78, 5) is 19.1. The van der Waals surface area contributed by atoms with Crippen molar-refractivity contribution >= 4 is 17.3 Å². The highest BCUT2D eigenvalue weighted by molar-refractivity contribution is 6.04. The van der Waals surface area contributed by atoms with Gasteiger partial charge in [-0.2, -0.15) is 0 Å². The Balaban J connectivity index is 1.69. The summed E-state index contributed by atoms with van der Waals surface area (Å²) in [6.07, 6.45) is 6.86. The van der Waals surface area contributed by atoms with E-state index in [1.54, 1.807) is 6.20 Å². The molecule has 4 heteroatoms. The number of aryl methyl sites for hydroxylation is 1. The van der Waals surface area contributed by atoms with Crippen LogP contribution < -0.4 is 10.2 Å². The predicted molar refractivity (Wildman–Crippen MR) is 98.6 cm³/mol. The van der Waals surface area contributed by atoms with Crippen LogP contribution in [0.15, 0.2) is 42.7 Å². The van der Waals surface area contributed by atoms with E-state index in [2.05, 4.69) is 29.0 Å². The number of rotatable bonds is 4. The number of aromatic nitrogens is 1. The first-order valence-electron chi connectivity index (χ1n) is 8.76. The molecule has 1 amide bonds. The quantitative estimate of drug-likeness (QED) is 0.920. The van der Waals surface area contributed by atoms with E-state index in [-0.39, 0.29) is 5.91 Å². The molecule has 126 valence electrons. The molecule has 3 rings (SSSR count). The van der Waals surface area contributed by atoms with Crippen LogP contribution in [0.25, 0.3) is 0 Å². The third-order valence-corrected chi connectivity index (χ3v) is 4.75. The molecule has 1 aliphatic rings. The molecular weight excluding hydrogens is 298 g/mol. The van der Waals surface area contributed by atoms with E-state index in [0.717, 1.165) is 36.8 Å². The van der Waals surface area contributed by atoms with E-state index in [1.807, 2.05) is 36.5 Å². The highest BCUT2D eigenvalue weighted by atomic mass is 16.1. The molecule has 1 saturated heterocycles. The Bertz CT molecular complexity index is 688. The van der Waals surface area contributed by atoms with Crippen molar-refractivity contribution in [1.82, 2.24) is 4.98 Å². The normalized spacial score (nSPS) is 15.3. The van der Waals surface area contributed by atoms with Gasteiger partial charge in [-0.25, -0.2) is 0 Å². The van der Waals surface area contributed by atoms with Gasteiger partial charge >= 0.3 is 0 Å². The van der Waals surface area contributed by atoms with Crippen LogP contribution in [0.1, 0.15) is 42.6 Å². The zero-order valence-electron chi connectivity index (χ0n) is 14.5. The van der Waals surface area contributed by atoms with Crippen LogP contribution >= 0.6 is 0 Å². The Labute approximate surface area is 143 Å². The zero-order chi connectivity index (χ0) is 16.9. The van der Waals surface area contributed by atoms with Crippen molar-refractivity contribution in [2.24, 2.45) is 5.92 Å². The van der Waals surface area contributed by atoms with Gasteiger partial charge in [-0.15, -0.1) is 0 Å². The number of benzene rings is 1. The standard InChI is InChI=1S/C20H25N3O/c1-3-16-4-6-18(7-5-16)22-20(24)17-12-19(14-21-13-17)23-10-8-15(2)9-11-23/h4-7,12-15H,3,8-11H2,1-2H3,(H,22,24). The largest absolute Gasteiger partial charge is 0.370 e. The Hall–Kier alpha value is -2.36. The van der Waals surface area contributed by atoms with E-state index in [9.17, 15) is 4.79 Å². The molecular formula is C20H25N3O. The molecule has 0 spiro atoms. The number of amides is 1. The number of nitrogens with zero attached hydrogens (tertiary/aromatic N) is 2. The number of carbonyl (C=O) groups excluding carboxylic acids is 1. The van der Waals surface area contributed by atoms with Gasteiger partial charge in [0.15, 0.2) is 0 Å². The van der Waals surface area contributed by atoms with Crippen LogP contribution in [-0.4, -0.2) is 24.0 Å². The number of nitrogens with one attached hydrogen (secondary N) is 1. The minimum absolute atomic E-state index is 0.112. The molecule has 4 nitrogen and oxygen atoms in total. The lowest BCUT2D eigenvalue weighted by atomic mass is 9.99. The van der Waals surface area contributed by atoms with Crippen molar-refractivity contribution in [2.45, 2.75) is 33.1 Å². The molecule has 2 aromatic rings. The van der Waals surface area contributed by atoms with E-state index >= 15 is 0 Å². The summed E-state index contributed by atoms with van der Waals surface area (Å²) < 4.78 is 0. The second-order valence-corrected chi connectivity index (χ2v) is 6.61. The summed E-state index contributed by atoms with van der Waals surface area (Å²) in [7, 11) is 0. The molecule has 1 aliphatic heterocycles. The summed E-state index contributed by atoms with van der Waals surface area (Å²) in [5.74, 6) is 0.672. The third-order valence-electron chi connectivity index (χ3n) is 4.75. The summed E-state index contributed by atoms with van der Waals surface area (Å²) in [6, 6.07) is 9.91. The molecule has 0 bridgehead atoms. The number of carbonyl (C=O) groups is 1. The number of hydrogen-bond acceptors (Lipinski definition) is 3. The van der Waals surface area contributed by atoms with Crippen LogP contribution in [0.4, 0.5) is 11.4 Å². The Morgan fingerprint density at radius 3 is 2.58 bits per heavy atom. The molecule has 0 saturated carbocycles. The molecule has 2 heterocycles. The Morgan fingerprint density at radius 1 is 1.21 bits per heavy atom. The number of anilines is 2. The van der Waals surface area contributed by atoms with Crippen molar-refractivity contribution in [3.05, 3.63) is 53.9 Å². The zero-order valence-corrected chi connectivity index (χ0v) is 14.5. The van der Waals surface area contributed by atoms with Crippen molar-refractivity contribution in [3.8, 4) is 0 Å². The lowest BCUT2D eigenvalue weighted by Gasteiger charge is -2.32. The number of hydrogen-bond donors (Lipinski definition) is 1. The highest BCUT2D eigenvalue weighted by Gasteiger charge is 2.17. The first-order valence-corrected chi connectivity index (χ1v) is 8.76. The fourth-order valence-corrected chi connectivity index (χ4v) is 3.02. The monoisotopic (exact) mass is 323 g/mol. The molecule has 0 aliphatic carbocycles. The van der Waals surface area contributed by atoms with E-state index in [1.165, 1.54) is 18.4 Å². The fraction of sp³-hybridized carbons (Fsp3) is 0.400. The Kier molecular flexibility index (Phi) is 5.14. The molecule has 1 aromatic heterocycles. The van der Waals surface area contributed by atoms with Gasteiger partial charge in [0, 0.05) is 25.0 Å². The van der Waals surface area contributed by atoms with Crippen LogP contribution in [0.3, 0.4) is 0 Å². The summed E-state index contributed by atoms with van der Waals surface area (Å²) in [6.45, 7) is 6.48. The molecule has 1 fully saturated rings. The lowest BCUT2D eigenvalue weighted by Crippen LogP contribution is -2.33. The van der Waals surface area contributed by atoms with Gasteiger partial charge in [0.05, 0.1) is 17.4 Å². The second kappa shape index (κ2) is 7.47.